The van der Waals surface area contributed by atoms with Gasteiger partial charge in [0.1, 0.15) is 5.82 Å². The summed E-state index contributed by atoms with van der Waals surface area (Å²) in [6.07, 6.45) is 4.82. The standard InChI is InChI=1S/C17H18ClN3O/c18-15-7-2-1-4-13(15)10-19-16-9-8-14(11-20-16)21-17(22)12-5-3-6-12/h1-2,4,7-9,11-12H,3,5-6,10H2,(H,19,20)(H,21,22). The van der Waals surface area contributed by atoms with E-state index < -0.39 is 0 Å². The second kappa shape index (κ2) is 6.79. The number of anilines is 2. The summed E-state index contributed by atoms with van der Waals surface area (Å²) >= 11 is 6.11. The van der Waals surface area contributed by atoms with Crippen LogP contribution in [0.3, 0.4) is 0 Å². The Bertz CT molecular complexity index is 653. The van der Waals surface area contributed by atoms with Gasteiger partial charge in [-0.05, 0) is 36.6 Å². The minimum Gasteiger partial charge on any atom is -0.366 e. The van der Waals surface area contributed by atoms with Crippen molar-refractivity contribution >= 4 is 29.0 Å². The number of carbonyl (C=O) groups is 1. The van der Waals surface area contributed by atoms with E-state index >= 15 is 0 Å². The lowest BCUT2D eigenvalue weighted by molar-refractivity contribution is -0.122. The number of nitrogens with one attached hydrogen (secondary N) is 2. The third-order valence-electron chi connectivity index (χ3n) is 3.92. The number of benzene rings is 1. The van der Waals surface area contributed by atoms with Crippen LogP contribution in [-0.2, 0) is 11.3 Å². The number of hydrogen-bond acceptors (Lipinski definition) is 3. The van der Waals surface area contributed by atoms with Crippen molar-refractivity contribution in [2.24, 2.45) is 5.92 Å². The number of carbonyl (C=O) groups excluding carboxylic acids is 1. The topological polar surface area (TPSA) is 54.0 Å². The van der Waals surface area contributed by atoms with Crippen LogP contribution in [0.2, 0.25) is 5.02 Å². The molecule has 0 radical (unpaired) electrons. The molecule has 1 fully saturated rings. The molecule has 1 aliphatic carbocycles. The Morgan fingerprint density at radius 3 is 2.68 bits per heavy atom. The molecule has 114 valence electrons. The quantitative estimate of drug-likeness (QED) is 0.874. The van der Waals surface area contributed by atoms with E-state index in [1.54, 1.807) is 6.20 Å². The fraction of sp³-hybridized carbons (Fsp3) is 0.294. The SMILES string of the molecule is O=C(Nc1ccc(NCc2ccccc2Cl)nc1)C1CCC1. The smallest absolute Gasteiger partial charge is 0.227 e. The molecule has 2 aromatic rings. The first-order valence-electron chi connectivity index (χ1n) is 7.46. The van der Waals surface area contributed by atoms with Gasteiger partial charge in [-0.1, -0.05) is 36.2 Å². The largest absolute Gasteiger partial charge is 0.366 e. The van der Waals surface area contributed by atoms with E-state index in [1.807, 2.05) is 36.4 Å². The zero-order chi connectivity index (χ0) is 15.4. The first-order valence-corrected chi connectivity index (χ1v) is 7.84. The summed E-state index contributed by atoms with van der Waals surface area (Å²) in [6, 6.07) is 11.4. The van der Waals surface area contributed by atoms with Crippen LogP contribution in [0.4, 0.5) is 11.5 Å². The monoisotopic (exact) mass is 315 g/mol. The highest BCUT2D eigenvalue weighted by molar-refractivity contribution is 6.31. The average Bonchev–Trinajstić information content (AvgIpc) is 2.46. The predicted octanol–water partition coefficient (Wildman–Crippen LogP) is 4.09. The Morgan fingerprint density at radius 1 is 1.23 bits per heavy atom. The van der Waals surface area contributed by atoms with Gasteiger partial charge in [-0.2, -0.15) is 0 Å². The molecule has 0 spiro atoms. The summed E-state index contributed by atoms with van der Waals surface area (Å²) in [4.78, 5) is 16.2. The normalized spacial score (nSPS) is 14.2. The van der Waals surface area contributed by atoms with Crippen LogP contribution < -0.4 is 10.6 Å². The van der Waals surface area contributed by atoms with E-state index in [9.17, 15) is 4.79 Å². The molecule has 1 aromatic carbocycles. The highest BCUT2D eigenvalue weighted by Gasteiger charge is 2.25. The summed E-state index contributed by atoms with van der Waals surface area (Å²) in [6.45, 7) is 0.612. The molecule has 1 amide bonds. The molecule has 4 nitrogen and oxygen atoms in total. The van der Waals surface area contributed by atoms with E-state index in [1.165, 1.54) is 0 Å². The summed E-state index contributed by atoms with van der Waals surface area (Å²) in [5.41, 5.74) is 1.76. The van der Waals surface area contributed by atoms with Crippen LogP contribution in [0.15, 0.2) is 42.6 Å². The Labute approximate surface area is 134 Å². The van der Waals surface area contributed by atoms with Gasteiger partial charge >= 0.3 is 0 Å². The second-order valence-corrected chi connectivity index (χ2v) is 5.90. The Morgan fingerprint density at radius 2 is 2.05 bits per heavy atom. The predicted molar refractivity (Wildman–Crippen MR) is 89.0 cm³/mol. The fourth-order valence-electron chi connectivity index (χ4n) is 2.31. The van der Waals surface area contributed by atoms with Crippen molar-refractivity contribution in [2.45, 2.75) is 25.8 Å². The molecular weight excluding hydrogens is 298 g/mol. The minimum absolute atomic E-state index is 0.102. The lowest BCUT2D eigenvalue weighted by atomic mass is 9.85. The molecule has 22 heavy (non-hydrogen) atoms. The van der Waals surface area contributed by atoms with Gasteiger partial charge < -0.3 is 10.6 Å². The third-order valence-corrected chi connectivity index (χ3v) is 4.29. The van der Waals surface area contributed by atoms with Crippen LogP contribution in [0.5, 0.6) is 0 Å². The van der Waals surface area contributed by atoms with Crippen molar-refractivity contribution in [3.8, 4) is 0 Å². The van der Waals surface area contributed by atoms with Gasteiger partial charge in [0.2, 0.25) is 5.91 Å². The molecule has 1 aromatic heterocycles. The van der Waals surface area contributed by atoms with Crippen molar-refractivity contribution < 1.29 is 4.79 Å². The van der Waals surface area contributed by atoms with Gasteiger partial charge in [-0.15, -0.1) is 0 Å². The van der Waals surface area contributed by atoms with Gasteiger partial charge in [-0.3, -0.25) is 4.79 Å². The lowest BCUT2D eigenvalue weighted by Crippen LogP contribution is -2.28. The summed E-state index contributed by atoms with van der Waals surface area (Å²) in [5, 5.41) is 6.86. The number of hydrogen-bond donors (Lipinski definition) is 2. The first-order chi connectivity index (χ1) is 10.7. The van der Waals surface area contributed by atoms with E-state index in [2.05, 4.69) is 15.6 Å². The molecular formula is C17H18ClN3O. The van der Waals surface area contributed by atoms with Gasteiger partial charge in [0.25, 0.3) is 0 Å². The molecule has 1 saturated carbocycles. The zero-order valence-electron chi connectivity index (χ0n) is 12.2. The number of amides is 1. The number of halogens is 1. The average molecular weight is 316 g/mol. The van der Waals surface area contributed by atoms with E-state index in [0.29, 0.717) is 6.54 Å². The molecule has 5 heteroatoms. The van der Waals surface area contributed by atoms with Crippen LogP contribution in [0.25, 0.3) is 0 Å². The Kier molecular flexibility index (Phi) is 4.59. The molecule has 1 aliphatic rings. The van der Waals surface area contributed by atoms with Crippen molar-refractivity contribution in [1.29, 1.82) is 0 Å². The molecule has 2 N–H and O–H groups in total. The fourth-order valence-corrected chi connectivity index (χ4v) is 2.52. The summed E-state index contributed by atoms with van der Waals surface area (Å²) in [5.74, 6) is 1.03. The van der Waals surface area contributed by atoms with E-state index in [4.69, 9.17) is 11.6 Å². The van der Waals surface area contributed by atoms with E-state index in [0.717, 1.165) is 41.4 Å². The third kappa shape index (κ3) is 3.57. The van der Waals surface area contributed by atoms with Crippen LogP contribution in [0.1, 0.15) is 24.8 Å². The molecule has 1 heterocycles. The molecule has 3 rings (SSSR count). The maximum Gasteiger partial charge on any atom is 0.227 e. The molecule has 0 aliphatic heterocycles. The first kappa shape index (κ1) is 14.9. The van der Waals surface area contributed by atoms with Crippen molar-refractivity contribution in [1.82, 2.24) is 4.98 Å². The maximum absolute atomic E-state index is 11.9. The molecule has 0 unspecified atom stereocenters. The Balaban J connectivity index is 1.55. The highest BCUT2D eigenvalue weighted by Crippen LogP contribution is 2.27. The highest BCUT2D eigenvalue weighted by atomic mass is 35.5. The van der Waals surface area contributed by atoms with Crippen LogP contribution in [0, 0.1) is 5.92 Å². The number of aromatic nitrogens is 1. The maximum atomic E-state index is 11.9. The number of rotatable bonds is 5. The summed E-state index contributed by atoms with van der Waals surface area (Å²) < 4.78 is 0. The van der Waals surface area contributed by atoms with Crippen molar-refractivity contribution in [3.63, 3.8) is 0 Å². The van der Waals surface area contributed by atoms with E-state index in [-0.39, 0.29) is 11.8 Å². The zero-order valence-corrected chi connectivity index (χ0v) is 12.9. The van der Waals surface area contributed by atoms with Crippen LogP contribution in [-0.4, -0.2) is 10.9 Å². The van der Waals surface area contributed by atoms with Crippen LogP contribution >= 0.6 is 11.6 Å². The molecule has 0 atom stereocenters. The van der Waals surface area contributed by atoms with Gasteiger partial charge in [-0.25, -0.2) is 4.98 Å². The molecule has 0 saturated heterocycles. The number of nitrogens with zero attached hydrogens (tertiary/aromatic N) is 1. The number of pyridine rings is 1. The van der Waals surface area contributed by atoms with Crippen molar-refractivity contribution in [3.05, 3.63) is 53.2 Å². The Hall–Kier alpha value is -2.07. The van der Waals surface area contributed by atoms with Gasteiger partial charge in [0.15, 0.2) is 0 Å². The second-order valence-electron chi connectivity index (χ2n) is 5.49. The molecule has 0 bridgehead atoms. The van der Waals surface area contributed by atoms with Gasteiger partial charge in [0, 0.05) is 17.5 Å². The lowest BCUT2D eigenvalue weighted by Gasteiger charge is -2.23. The van der Waals surface area contributed by atoms with Gasteiger partial charge in [0.05, 0.1) is 11.9 Å². The summed E-state index contributed by atoms with van der Waals surface area (Å²) in [7, 11) is 0. The minimum atomic E-state index is 0.102. The van der Waals surface area contributed by atoms with Crippen molar-refractivity contribution in [2.75, 3.05) is 10.6 Å².